The second-order valence-electron chi connectivity index (χ2n) is 4.49. The summed E-state index contributed by atoms with van der Waals surface area (Å²) in [5.74, 6) is 0. The molecule has 2 amide bonds. The average Bonchev–Trinajstić information content (AvgIpc) is 2.29. The molecule has 0 bridgehead atoms. The summed E-state index contributed by atoms with van der Waals surface area (Å²) >= 11 is 0. The van der Waals surface area contributed by atoms with Gasteiger partial charge in [-0.25, -0.2) is 4.79 Å². The van der Waals surface area contributed by atoms with Crippen molar-refractivity contribution in [3.8, 4) is 0 Å². The minimum Gasteiger partial charge on any atom is -0.331 e. The van der Waals surface area contributed by atoms with Crippen molar-refractivity contribution < 1.29 is 4.79 Å². The number of nitrogens with one attached hydrogen (secondary N) is 1. The number of hydrogen-bond donors (Lipinski definition) is 2. The Labute approximate surface area is 92.2 Å². The maximum absolute atomic E-state index is 11.8. The molecule has 0 atom stereocenters. The fourth-order valence-corrected chi connectivity index (χ4v) is 2.07. The van der Waals surface area contributed by atoms with Gasteiger partial charge in [-0.2, -0.15) is 0 Å². The van der Waals surface area contributed by atoms with Gasteiger partial charge in [-0.3, -0.25) is 0 Å². The summed E-state index contributed by atoms with van der Waals surface area (Å²) in [5, 5.41) is 3.09. The van der Waals surface area contributed by atoms with E-state index in [4.69, 9.17) is 5.73 Å². The van der Waals surface area contributed by atoms with Crippen LogP contribution in [0.5, 0.6) is 0 Å². The Morgan fingerprint density at radius 2 is 2.00 bits per heavy atom. The molecule has 0 spiro atoms. The van der Waals surface area contributed by atoms with Gasteiger partial charge in [0.2, 0.25) is 0 Å². The Balaban J connectivity index is 2.55. The summed E-state index contributed by atoms with van der Waals surface area (Å²) in [6.45, 7) is 3.25. The van der Waals surface area contributed by atoms with Crippen LogP contribution in [0.25, 0.3) is 0 Å². The zero-order valence-electron chi connectivity index (χ0n) is 9.88. The van der Waals surface area contributed by atoms with Crippen molar-refractivity contribution >= 4 is 6.03 Å². The van der Waals surface area contributed by atoms with Crippen LogP contribution in [0.2, 0.25) is 0 Å². The summed E-state index contributed by atoms with van der Waals surface area (Å²) in [7, 11) is 1.81. The molecular formula is C11H23N3O. The van der Waals surface area contributed by atoms with Crippen LogP contribution in [0, 0.1) is 0 Å². The first-order valence-corrected chi connectivity index (χ1v) is 5.87. The van der Waals surface area contributed by atoms with Gasteiger partial charge in [0, 0.05) is 20.1 Å². The second-order valence-corrected chi connectivity index (χ2v) is 4.49. The molecule has 0 saturated heterocycles. The van der Waals surface area contributed by atoms with Crippen molar-refractivity contribution in [3.05, 3.63) is 0 Å². The number of nitrogens with two attached hydrogens (primary N) is 1. The van der Waals surface area contributed by atoms with Crippen molar-refractivity contribution in [2.24, 2.45) is 5.73 Å². The summed E-state index contributed by atoms with van der Waals surface area (Å²) in [5.41, 5.74) is 5.65. The molecule has 0 radical (unpaired) electrons. The third-order valence-electron chi connectivity index (χ3n) is 3.39. The Kier molecular flexibility index (Phi) is 4.39. The summed E-state index contributed by atoms with van der Waals surface area (Å²) < 4.78 is 0. The number of amides is 2. The number of nitrogens with zero attached hydrogens (tertiary/aromatic N) is 1. The Morgan fingerprint density at radius 3 is 2.47 bits per heavy atom. The molecule has 1 aliphatic carbocycles. The highest BCUT2D eigenvalue weighted by Crippen LogP contribution is 2.27. The average molecular weight is 213 g/mol. The third-order valence-corrected chi connectivity index (χ3v) is 3.39. The normalized spacial score (nSPS) is 19.7. The monoisotopic (exact) mass is 213 g/mol. The van der Waals surface area contributed by atoms with E-state index in [0.717, 1.165) is 19.4 Å². The van der Waals surface area contributed by atoms with E-state index in [0.29, 0.717) is 6.54 Å². The van der Waals surface area contributed by atoms with E-state index in [2.05, 4.69) is 5.32 Å². The molecule has 1 fully saturated rings. The van der Waals surface area contributed by atoms with Gasteiger partial charge in [-0.1, -0.05) is 19.3 Å². The van der Waals surface area contributed by atoms with Crippen molar-refractivity contribution in [1.29, 1.82) is 0 Å². The fourth-order valence-electron chi connectivity index (χ4n) is 2.07. The van der Waals surface area contributed by atoms with E-state index >= 15 is 0 Å². The number of rotatable bonds is 3. The predicted octanol–water partition coefficient (Wildman–Crippen LogP) is 1.31. The summed E-state index contributed by atoms with van der Waals surface area (Å²) in [6.07, 6.45) is 5.65. The number of urea groups is 1. The number of carbonyl (C=O) groups is 1. The molecule has 4 nitrogen and oxygen atoms in total. The largest absolute Gasteiger partial charge is 0.331 e. The predicted molar refractivity (Wildman–Crippen MR) is 61.7 cm³/mol. The Morgan fingerprint density at radius 1 is 1.40 bits per heavy atom. The lowest BCUT2D eigenvalue weighted by molar-refractivity contribution is 0.180. The first-order valence-electron chi connectivity index (χ1n) is 5.87. The summed E-state index contributed by atoms with van der Waals surface area (Å²) in [6, 6.07) is 0.00449. The molecule has 15 heavy (non-hydrogen) atoms. The van der Waals surface area contributed by atoms with E-state index in [-0.39, 0.29) is 11.6 Å². The van der Waals surface area contributed by atoms with Crippen LogP contribution in [0.4, 0.5) is 4.79 Å². The maximum atomic E-state index is 11.8. The van der Waals surface area contributed by atoms with E-state index in [9.17, 15) is 4.79 Å². The lowest BCUT2D eigenvalue weighted by atomic mass is 9.82. The van der Waals surface area contributed by atoms with Crippen molar-refractivity contribution in [2.75, 3.05) is 20.1 Å². The Bertz CT molecular complexity index is 212. The van der Waals surface area contributed by atoms with Crippen LogP contribution >= 0.6 is 0 Å². The molecule has 0 unspecified atom stereocenters. The topological polar surface area (TPSA) is 58.4 Å². The molecule has 1 aliphatic rings. The lowest BCUT2D eigenvalue weighted by Gasteiger charge is -2.38. The zero-order chi connectivity index (χ0) is 11.3. The van der Waals surface area contributed by atoms with Gasteiger partial charge in [-0.15, -0.1) is 0 Å². The van der Waals surface area contributed by atoms with E-state index < -0.39 is 0 Å². The van der Waals surface area contributed by atoms with Crippen LogP contribution in [0.3, 0.4) is 0 Å². The SMILES string of the molecule is CCN(C)C(=O)NC1(CN)CCCCC1. The van der Waals surface area contributed by atoms with E-state index in [1.165, 1.54) is 19.3 Å². The van der Waals surface area contributed by atoms with Crippen molar-refractivity contribution in [1.82, 2.24) is 10.2 Å². The molecule has 0 aromatic heterocycles. The van der Waals surface area contributed by atoms with Crippen molar-refractivity contribution in [3.63, 3.8) is 0 Å². The van der Waals surface area contributed by atoms with Crippen molar-refractivity contribution in [2.45, 2.75) is 44.6 Å². The highest BCUT2D eigenvalue weighted by atomic mass is 16.2. The molecule has 1 rings (SSSR count). The van der Waals surface area contributed by atoms with Gasteiger partial charge in [0.15, 0.2) is 0 Å². The smallest absolute Gasteiger partial charge is 0.317 e. The molecule has 1 saturated carbocycles. The van der Waals surface area contributed by atoms with Gasteiger partial charge in [0.25, 0.3) is 0 Å². The second kappa shape index (κ2) is 5.35. The highest BCUT2D eigenvalue weighted by molar-refractivity contribution is 5.74. The molecule has 0 aromatic carbocycles. The van der Waals surface area contributed by atoms with Gasteiger partial charge in [0.1, 0.15) is 0 Å². The van der Waals surface area contributed by atoms with E-state index in [1.54, 1.807) is 4.90 Å². The molecule has 0 aliphatic heterocycles. The zero-order valence-corrected chi connectivity index (χ0v) is 9.88. The molecule has 0 heterocycles. The summed E-state index contributed by atoms with van der Waals surface area (Å²) in [4.78, 5) is 13.5. The third kappa shape index (κ3) is 3.09. The molecule has 88 valence electrons. The standard InChI is InChI=1S/C11H23N3O/c1-3-14(2)10(15)13-11(9-12)7-5-4-6-8-11/h3-9,12H2,1-2H3,(H,13,15). The number of hydrogen-bond acceptors (Lipinski definition) is 2. The van der Waals surface area contributed by atoms with Crippen LogP contribution in [-0.2, 0) is 0 Å². The van der Waals surface area contributed by atoms with Crippen LogP contribution < -0.4 is 11.1 Å². The maximum Gasteiger partial charge on any atom is 0.317 e. The lowest BCUT2D eigenvalue weighted by Crippen LogP contribution is -2.57. The highest BCUT2D eigenvalue weighted by Gasteiger charge is 2.32. The molecular weight excluding hydrogens is 190 g/mol. The minimum atomic E-state index is -0.140. The fraction of sp³-hybridized carbons (Fsp3) is 0.909. The van der Waals surface area contributed by atoms with Gasteiger partial charge in [0.05, 0.1) is 5.54 Å². The molecule has 3 N–H and O–H groups in total. The van der Waals surface area contributed by atoms with Gasteiger partial charge >= 0.3 is 6.03 Å². The van der Waals surface area contributed by atoms with Gasteiger partial charge < -0.3 is 16.0 Å². The van der Waals surface area contributed by atoms with Crippen LogP contribution in [-0.4, -0.2) is 36.6 Å². The first-order chi connectivity index (χ1) is 7.13. The van der Waals surface area contributed by atoms with Gasteiger partial charge in [-0.05, 0) is 19.8 Å². The molecule has 0 aromatic rings. The quantitative estimate of drug-likeness (QED) is 0.742. The first kappa shape index (κ1) is 12.3. The Hall–Kier alpha value is -0.770. The minimum absolute atomic E-state index is 0.00449. The van der Waals surface area contributed by atoms with Crippen LogP contribution in [0.1, 0.15) is 39.0 Å². The number of carbonyl (C=O) groups excluding carboxylic acids is 1. The molecule has 4 heteroatoms. The van der Waals surface area contributed by atoms with E-state index in [1.807, 2.05) is 14.0 Å². The van der Waals surface area contributed by atoms with Crippen LogP contribution in [0.15, 0.2) is 0 Å².